The van der Waals surface area contributed by atoms with E-state index in [4.69, 9.17) is 4.42 Å². The summed E-state index contributed by atoms with van der Waals surface area (Å²) in [4.78, 5) is 16.6. The average Bonchev–Trinajstić information content (AvgIpc) is 3.09. The lowest BCUT2D eigenvalue weighted by Gasteiger charge is -2.14. The zero-order valence-electron chi connectivity index (χ0n) is 13.5. The van der Waals surface area contributed by atoms with Crippen molar-refractivity contribution in [2.24, 2.45) is 7.05 Å². The van der Waals surface area contributed by atoms with Gasteiger partial charge in [0.25, 0.3) is 5.91 Å². The van der Waals surface area contributed by atoms with Crippen LogP contribution in [0.5, 0.6) is 0 Å². The molecule has 1 amide bonds. The van der Waals surface area contributed by atoms with Crippen LogP contribution in [0.1, 0.15) is 54.8 Å². The SMILES string of the molecule is Cn1ccnc1SCc1ccc(C(=O)NC2CCCCCC2)o1. The highest BCUT2D eigenvalue weighted by atomic mass is 32.2. The van der Waals surface area contributed by atoms with E-state index >= 15 is 0 Å². The van der Waals surface area contributed by atoms with Gasteiger partial charge in [-0.3, -0.25) is 4.79 Å². The summed E-state index contributed by atoms with van der Waals surface area (Å²) in [6.45, 7) is 0. The molecular weight excluding hydrogens is 310 g/mol. The summed E-state index contributed by atoms with van der Waals surface area (Å²) in [7, 11) is 1.96. The molecule has 0 bridgehead atoms. The Labute approximate surface area is 140 Å². The third-order valence-corrected chi connectivity index (χ3v) is 5.28. The van der Waals surface area contributed by atoms with Crippen LogP contribution in [0.4, 0.5) is 0 Å². The van der Waals surface area contributed by atoms with Gasteiger partial charge in [0, 0.05) is 25.5 Å². The minimum Gasteiger partial charge on any atom is -0.455 e. The predicted molar refractivity (Wildman–Crippen MR) is 90.4 cm³/mol. The number of aromatic nitrogens is 2. The van der Waals surface area contributed by atoms with Crippen molar-refractivity contribution in [3.8, 4) is 0 Å². The molecule has 0 aliphatic heterocycles. The van der Waals surface area contributed by atoms with Gasteiger partial charge in [0.1, 0.15) is 5.76 Å². The summed E-state index contributed by atoms with van der Waals surface area (Å²) >= 11 is 1.60. The van der Waals surface area contributed by atoms with Gasteiger partial charge in [0.05, 0.1) is 5.75 Å². The van der Waals surface area contributed by atoms with Gasteiger partial charge in [0.2, 0.25) is 0 Å². The smallest absolute Gasteiger partial charge is 0.287 e. The van der Waals surface area contributed by atoms with E-state index in [0.29, 0.717) is 17.6 Å². The normalized spacial score (nSPS) is 16.2. The highest BCUT2D eigenvalue weighted by Gasteiger charge is 2.18. The van der Waals surface area contributed by atoms with Gasteiger partial charge in [-0.2, -0.15) is 0 Å². The van der Waals surface area contributed by atoms with Crippen LogP contribution in [-0.2, 0) is 12.8 Å². The van der Waals surface area contributed by atoms with E-state index in [-0.39, 0.29) is 5.91 Å². The number of carbonyl (C=O) groups excluding carboxylic acids is 1. The Balaban J connectivity index is 1.53. The molecule has 2 aromatic rings. The molecule has 124 valence electrons. The van der Waals surface area contributed by atoms with Crippen LogP contribution in [0, 0.1) is 0 Å². The van der Waals surface area contributed by atoms with E-state index in [1.165, 1.54) is 25.7 Å². The number of carbonyl (C=O) groups is 1. The number of aryl methyl sites for hydroxylation is 1. The van der Waals surface area contributed by atoms with E-state index in [9.17, 15) is 4.79 Å². The molecule has 5 nitrogen and oxygen atoms in total. The number of thioether (sulfide) groups is 1. The zero-order chi connectivity index (χ0) is 16.1. The van der Waals surface area contributed by atoms with Crippen molar-refractivity contribution in [1.29, 1.82) is 0 Å². The fourth-order valence-electron chi connectivity index (χ4n) is 2.88. The Hall–Kier alpha value is -1.69. The lowest BCUT2D eigenvalue weighted by atomic mass is 10.1. The largest absolute Gasteiger partial charge is 0.455 e. The number of hydrogen-bond acceptors (Lipinski definition) is 4. The van der Waals surface area contributed by atoms with Crippen LogP contribution in [0.15, 0.2) is 34.1 Å². The summed E-state index contributed by atoms with van der Waals surface area (Å²) in [5.74, 6) is 1.78. The van der Waals surface area contributed by atoms with Gasteiger partial charge in [-0.25, -0.2) is 4.98 Å². The third kappa shape index (κ3) is 4.41. The number of nitrogens with one attached hydrogen (secondary N) is 1. The number of imidazole rings is 1. The second kappa shape index (κ2) is 7.73. The van der Waals surface area contributed by atoms with E-state index in [1.807, 2.05) is 23.9 Å². The lowest BCUT2D eigenvalue weighted by Crippen LogP contribution is -2.34. The standard InChI is InChI=1S/C17H23N3O2S/c1-20-11-10-18-17(20)23-12-14-8-9-15(22-14)16(21)19-13-6-4-2-3-5-7-13/h8-11,13H,2-7,12H2,1H3,(H,19,21). The molecule has 2 aromatic heterocycles. The van der Waals surface area contributed by atoms with Gasteiger partial charge >= 0.3 is 0 Å². The van der Waals surface area contributed by atoms with Gasteiger partial charge in [0.15, 0.2) is 10.9 Å². The first-order valence-corrected chi connectivity index (χ1v) is 9.20. The average molecular weight is 333 g/mol. The van der Waals surface area contributed by atoms with Crippen LogP contribution in [0.3, 0.4) is 0 Å². The van der Waals surface area contributed by atoms with E-state index in [0.717, 1.165) is 23.8 Å². The van der Waals surface area contributed by atoms with Gasteiger partial charge in [-0.05, 0) is 25.0 Å². The van der Waals surface area contributed by atoms with Gasteiger partial charge in [-0.1, -0.05) is 37.4 Å². The monoisotopic (exact) mass is 333 g/mol. The van der Waals surface area contributed by atoms with Crippen molar-refractivity contribution in [2.75, 3.05) is 0 Å². The van der Waals surface area contributed by atoms with Crippen molar-refractivity contribution < 1.29 is 9.21 Å². The molecule has 0 atom stereocenters. The summed E-state index contributed by atoms with van der Waals surface area (Å²) in [5, 5.41) is 4.05. The molecule has 3 rings (SSSR count). The van der Waals surface area contributed by atoms with Crippen LogP contribution in [0.2, 0.25) is 0 Å². The molecule has 1 aliphatic carbocycles. The van der Waals surface area contributed by atoms with Crippen molar-refractivity contribution >= 4 is 17.7 Å². The molecule has 23 heavy (non-hydrogen) atoms. The maximum Gasteiger partial charge on any atom is 0.287 e. The topological polar surface area (TPSA) is 60.1 Å². The Morgan fingerprint density at radius 1 is 1.35 bits per heavy atom. The number of furan rings is 1. The first-order valence-electron chi connectivity index (χ1n) is 8.22. The second-order valence-corrected chi connectivity index (χ2v) is 6.98. The fraction of sp³-hybridized carbons (Fsp3) is 0.529. The van der Waals surface area contributed by atoms with E-state index in [2.05, 4.69) is 10.3 Å². The van der Waals surface area contributed by atoms with Crippen molar-refractivity contribution in [1.82, 2.24) is 14.9 Å². The van der Waals surface area contributed by atoms with Gasteiger partial charge < -0.3 is 14.3 Å². The summed E-state index contributed by atoms with van der Waals surface area (Å²) in [5.41, 5.74) is 0. The lowest BCUT2D eigenvalue weighted by molar-refractivity contribution is 0.0904. The molecule has 0 aromatic carbocycles. The number of rotatable bonds is 5. The van der Waals surface area contributed by atoms with E-state index < -0.39 is 0 Å². The number of hydrogen-bond donors (Lipinski definition) is 1. The van der Waals surface area contributed by atoms with E-state index in [1.54, 1.807) is 24.0 Å². The molecule has 1 aliphatic rings. The number of nitrogens with zero attached hydrogens (tertiary/aromatic N) is 2. The van der Waals surface area contributed by atoms with Crippen molar-refractivity contribution in [3.63, 3.8) is 0 Å². The maximum absolute atomic E-state index is 12.3. The molecular formula is C17H23N3O2S. The third-order valence-electron chi connectivity index (χ3n) is 4.20. The molecule has 0 unspecified atom stereocenters. The van der Waals surface area contributed by atoms with Crippen molar-refractivity contribution in [2.45, 2.75) is 55.5 Å². The quantitative estimate of drug-likeness (QED) is 0.668. The van der Waals surface area contributed by atoms with Gasteiger partial charge in [-0.15, -0.1) is 0 Å². The minimum atomic E-state index is -0.0925. The van der Waals surface area contributed by atoms with Crippen LogP contribution < -0.4 is 5.32 Å². The molecule has 2 heterocycles. The summed E-state index contributed by atoms with van der Waals surface area (Å²) < 4.78 is 7.65. The van der Waals surface area contributed by atoms with Crippen LogP contribution in [0.25, 0.3) is 0 Å². The number of amides is 1. The summed E-state index contributed by atoms with van der Waals surface area (Å²) in [6.07, 6.45) is 10.8. The van der Waals surface area contributed by atoms with Crippen LogP contribution >= 0.6 is 11.8 Å². The Kier molecular flexibility index (Phi) is 5.43. The predicted octanol–water partition coefficient (Wildman–Crippen LogP) is 3.76. The Morgan fingerprint density at radius 3 is 2.83 bits per heavy atom. The highest BCUT2D eigenvalue weighted by Crippen LogP contribution is 2.22. The molecule has 1 saturated carbocycles. The molecule has 1 fully saturated rings. The van der Waals surface area contributed by atoms with Crippen LogP contribution in [-0.4, -0.2) is 21.5 Å². The molecule has 6 heteroatoms. The second-order valence-electron chi connectivity index (χ2n) is 6.04. The summed E-state index contributed by atoms with van der Waals surface area (Å²) in [6, 6.07) is 3.93. The Bertz CT molecular complexity index is 642. The molecule has 0 radical (unpaired) electrons. The first-order chi connectivity index (χ1) is 11.2. The molecule has 1 N–H and O–H groups in total. The fourth-order valence-corrected chi connectivity index (χ4v) is 3.71. The maximum atomic E-state index is 12.3. The molecule has 0 saturated heterocycles. The highest BCUT2D eigenvalue weighted by molar-refractivity contribution is 7.98. The van der Waals surface area contributed by atoms with Crippen molar-refractivity contribution in [3.05, 3.63) is 36.0 Å². The molecule has 0 spiro atoms. The minimum absolute atomic E-state index is 0.0925. The first kappa shape index (κ1) is 16.2. The Morgan fingerprint density at radius 2 is 2.13 bits per heavy atom. The zero-order valence-corrected chi connectivity index (χ0v) is 14.3.